The van der Waals surface area contributed by atoms with Crippen LogP contribution in [0.1, 0.15) is 13.8 Å². The molecule has 0 spiro atoms. The Morgan fingerprint density at radius 1 is 1.00 bits per heavy atom. The number of H-pyrrole nitrogens is 2. The maximum absolute atomic E-state index is 15.3. The molecule has 6 rings (SSSR count). The second-order valence-corrected chi connectivity index (χ2v) is 11.2. The van der Waals surface area contributed by atoms with E-state index in [-0.39, 0.29) is 23.2 Å². The minimum absolute atomic E-state index is 0.162. The number of hydrogen-bond donors (Lipinski definition) is 4. The van der Waals surface area contributed by atoms with Gasteiger partial charge in [-0.25, -0.2) is 18.7 Å². The highest BCUT2D eigenvalue weighted by Gasteiger charge is 2.19. The van der Waals surface area contributed by atoms with Gasteiger partial charge < -0.3 is 20.5 Å². The van der Waals surface area contributed by atoms with Crippen molar-refractivity contribution >= 4 is 39.3 Å². The zero-order valence-corrected chi connectivity index (χ0v) is 24.7. The second-order valence-electron chi connectivity index (χ2n) is 11.2. The van der Waals surface area contributed by atoms with Crippen molar-refractivity contribution in [1.29, 1.82) is 0 Å². The molecule has 4 N–H and O–H groups in total. The number of likely N-dealkylation sites (N-methyl/N-ethyl adjacent to an activating group) is 1. The van der Waals surface area contributed by atoms with Gasteiger partial charge >= 0.3 is 0 Å². The molecule has 0 atom stereocenters. The number of carbonyl (C=O) groups excluding carboxylic acids is 1. The van der Waals surface area contributed by atoms with E-state index < -0.39 is 5.82 Å². The molecule has 224 valence electrons. The third-order valence-electron chi connectivity index (χ3n) is 7.20. The van der Waals surface area contributed by atoms with Crippen molar-refractivity contribution in [2.75, 3.05) is 37.8 Å². The summed E-state index contributed by atoms with van der Waals surface area (Å²) < 4.78 is 30.0. The Labute approximate surface area is 252 Å². The Kier molecular flexibility index (Phi) is 7.75. The Hall–Kier alpha value is -5.23. The standard InChI is InChI=1S/C32H31F2N9O/c1-17(2)32(44)38-22-11-19(15-35-16-22)24-13-25-27(14-26(24)34)41-42-29(25)31-39-28-23(5-6-37-30(28)40-31)18-9-20(33)12-21(10-18)36-7-8-43(3)4/h5-6,9-17,36H,7-8H2,1-4H3,(H,38,44)(H,41,42)(H,37,39,40). The summed E-state index contributed by atoms with van der Waals surface area (Å²) >= 11 is 0. The predicted octanol–water partition coefficient (Wildman–Crippen LogP) is 6.08. The van der Waals surface area contributed by atoms with Crippen LogP contribution >= 0.6 is 0 Å². The summed E-state index contributed by atoms with van der Waals surface area (Å²) in [4.78, 5) is 30.8. The van der Waals surface area contributed by atoms with Crippen molar-refractivity contribution in [2.24, 2.45) is 5.92 Å². The Bertz CT molecular complexity index is 2000. The van der Waals surface area contributed by atoms with Crippen molar-refractivity contribution in [3.05, 3.63) is 72.7 Å². The van der Waals surface area contributed by atoms with E-state index >= 15 is 4.39 Å². The van der Waals surface area contributed by atoms with Gasteiger partial charge in [-0.2, -0.15) is 5.10 Å². The van der Waals surface area contributed by atoms with Crippen LogP contribution in [0.4, 0.5) is 20.2 Å². The van der Waals surface area contributed by atoms with Crippen molar-refractivity contribution < 1.29 is 13.6 Å². The lowest BCUT2D eigenvalue weighted by Gasteiger charge is -2.13. The molecule has 0 radical (unpaired) electrons. The number of nitrogens with one attached hydrogen (secondary N) is 4. The molecule has 6 aromatic rings. The van der Waals surface area contributed by atoms with E-state index in [1.807, 2.05) is 25.1 Å². The Balaban J connectivity index is 1.38. The number of anilines is 2. The number of benzene rings is 2. The summed E-state index contributed by atoms with van der Waals surface area (Å²) in [6.45, 7) is 5.04. The van der Waals surface area contributed by atoms with Crippen LogP contribution in [-0.2, 0) is 4.79 Å². The lowest BCUT2D eigenvalue weighted by Crippen LogP contribution is -2.20. The van der Waals surface area contributed by atoms with Crippen LogP contribution in [0.25, 0.3) is 55.8 Å². The third kappa shape index (κ3) is 5.84. The normalized spacial score (nSPS) is 11.6. The molecule has 0 bridgehead atoms. The first-order chi connectivity index (χ1) is 21.2. The van der Waals surface area contributed by atoms with Gasteiger partial charge in [-0.1, -0.05) is 13.8 Å². The van der Waals surface area contributed by atoms with Gasteiger partial charge in [0.05, 0.1) is 22.9 Å². The van der Waals surface area contributed by atoms with Crippen LogP contribution in [0.3, 0.4) is 0 Å². The van der Waals surface area contributed by atoms with Gasteiger partial charge in [-0.3, -0.25) is 14.9 Å². The molecular weight excluding hydrogens is 564 g/mol. The number of pyridine rings is 2. The highest BCUT2D eigenvalue weighted by atomic mass is 19.1. The quantitative estimate of drug-likeness (QED) is 0.160. The summed E-state index contributed by atoms with van der Waals surface area (Å²) in [7, 11) is 3.96. The van der Waals surface area contributed by atoms with Gasteiger partial charge in [-0.15, -0.1) is 0 Å². The maximum Gasteiger partial charge on any atom is 0.226 e. The molecule has 1 amide bonds. The van der Waals surface area contributed by atoms with Crippen LogP contribution in [0.5, 0.6) is 0 Å². The molecule has 12 heteroatoms. The van der Waals surface area contributed by atoms with E-state index in [0.717, 1.165) is 12.1 Å². The number of aromatic amines is 2. The molecule has 0 aliphatic heterocycles. The average Bonchev–Trinajstić information content (AvgIpc) is 3.60. The Morgan fingerprint density at radius 3 is 2.61 bits per heavy atom. The van der Waals surface area contributed by atoms with Crippen LogP contribution in [0, 0.1) is 17.6 Å². The number of nitrogens with zero attached hydrogens (tertiary/aromatic N) is 5. The first kappa shape index (κ1) is 28.9. The van der Waals surface area contributed by atoms with Crippen LogP contribution < -0.4 is 10.6 Å². The summed E-state index contributed by atoms with van der Waals surface area (Å²) in [6, 6.07) is 11.3. The van der Waals surface area contributed by atoms with Crippen molar-refractivity contribution in [1.82, 2.24) is 35.0 Å². The fourth-order valence-corrected chi connectivity index (χ4v) is 4.92. The second kappa shape index (κ2) is 11.8. The monoisotopic (exact) mass is 595 g/mol. The molecule has 0 aliphatic rings. The number of carbonyl (C=O) groups is 1. The molecular formula is C32H31F2N9O. The van der Waals surface area contributed by atoms with Crippen LogP contribution in [0.2, 0.25) is 0 Å². The fourth-order valence-electron chi connectivity index (χ4n) is 4.92. The third-order valence-corrected chi connectivity index (χ3v) is 7.20. The molecule has 2 aromatic carbocycles. The zero-order valence-electron chi connectivity index (χ0n) is 24.7. The number of rotatable bonds is 9. The van der Waals surface area contributed by atoms with Gasteiger partial charge in [0, 0.05) is 65.2 Å². The van der Waals surface area contributed by atoms with Crippen LogP contribution in [0.15, 0.2) is 61.1 Å². The first-order valence-electron chi connectivity index (χ1n) is 14.1. The van der Waals surface area contributed by atoms with Gasteiger partial charge in [-0.05, 0) is 56.1 Å². The Morgan fingerprint density at radius 2 is 1.82 bits per heavy atom. The number of fused-ring (bicyclic) bond motifs is 2. The number of aromatic nitrogens is 6. The largest absolute Gasteiger partial charge is 0.384 e. The van der Waals surface area contributed by atoms with E-state index in [4.69, 9.17) is 0 Å². The van der Waals surface area contributed by atoms with Crippen molar-refractivity contribution in [3.8, 4) is 33.8 Å². The highest BCUT2D eigenvalue weighted by Crippen LogP contribution is 2.35. The van der Waals surface area contributed by atoms with E-state index in [0.29, 0.717) is 62.6 Å². The van der Waals surface area contributed by atoms with Crippen LogP contribution in [-0.4, -0.2) is 68.1 Å². The minimum atomic E-state index is -0.475. The minimum Gasteiger partial charge on any atom is -0.384 e. The number of halogens is 2. The number of hydrogen-bond acceptors (Lipinski definition) is 7. The molecule has 44 heavy (non-hydrogen) atoms. The molecule has 0 aliphatic carbocycles. The highest BCUT2D eigenvalue weighted by molar-refractivity contribution is 5.98. The zero-order chi connectivity index (χ0) is 31.0. The molecule has 4 heterocycles. The maximum atomic E-state index is 15.3. The van der Waals surface area contributed by atoms with Gasteiger partial charge in [0.1, 0.15) is 17.3 Å². The van der Waals surface area contributed by atoms with Gasteiger partial charge in [0.25, 0.3) is 0 Å². The van der Waals surface area contributed by atoms with Gasteiger partial charge in [0.2, 0.25) is 5.91 Å². The molecule has 0 saturated carbocycles. The van der Waals surface area contributed by atoms with Crippen molar-refractivity contribution in [3.63, 3.8) is 0 Å². The number of amides is 1. The molecule has 0 unspecified atom stereocenters. The summed E-state index contributed by atoms with van der Waals surface area (Å²) in [5, 5.41) is 14.0. The molecule has 0 fully saturated rings. The van der Waals surface area contributed by atoms with Gasteiger partial charge in [0.15, 0.2) is 11.5 Å². The van der Waals surface area contributed by atoms with E-state index in [1.54, 1.807) is 38.2 Å². The van der Waals surface area contributed by atoms with Crippen molar-refractivity contribution in [2.45, 2.75) is 13.8 Å². The number of imidazole rings is 1. The molecule has 4 aromatic heterocycles. The molecule has 0 saturated heterocycles. The SMILES string of the molecule is CC(C)C(=O)Nc1cncc(-c2cc3c(-c4nc5nccc(-c6cc(F)cc(NCCN(C)C)c6)c5[nH]4)n[nH]c3cc2F)c1. The van der Waals surface area contributed by atoms with E-state index in [1.165, 1.54) is 30.6 Å². The molecule has 10 nitrogen and oxygen atoms in total. The lowest BCUT2D eigenvalue weighted by molar-refractivity contribution is -0.118. The summed E-state index contributed by atoms with van der Waals surface area (Å²) in [6.07, 6.45) is 4.68. The van der Waals surface area contributed by atoms with E-state index in [2.05, 4.69) is 40.8 Å². The lowest BCUT2D eigenvalue weighted by atomic mass is 10.0. The summed E-state index contributed by atoms with van der Waals surface area (Å²) in [5.74, 6) is -0.802. The fraction of sp³-hybridized carbons (Fsp3) is 0.219. The average molecular weight is 596 g/mol. The topological polar surface area (TPSA) is 128 Å². The van der Waals surface area contributed by atoms with E-state index in [9.17, 15) is 9.18 Å². The first-order valence-corrected chi connectivity index (χ1v) is 14.1. The summed E-state index contributed by atoms with van der Waals surface area (Å²) in [5.41, 5.74) is 5.29. The predicted molar refractivity (Wildman–Crippen MR) is 168 cm³/mol. The smallest absolute Gasteiger partial charge is 0.226 e.